The number of nitrogens with one attached hydrogen (secondary N) is 1. The summed E-state index contributed by atoms with van der Waals surface area (Å²) in [6.07, 6.45) is 2.79. The highest BCUT2D eigenvalue weighted by Gasteiger charge is 2.06. The fourth-order valence-electron chi connectivity index (χ4n) is 1.68. The largest absolute Gasteiger partial charge is 0.497 e. The SMILES string of the molecule is COc1ccc(OC)c(/C=C/C(=O)OCC(=O)NCC(C)C)c1. The second-order valence-electron chi connectivity index (χ2n) is 5.25. The van der Waals surface area contributed by atoms with Crippen LogP contribution in [0.5, 0.6) is 11.5 Å². The summed E-state index contributed by atoms with van der Waals surface area (Å²) in [6.45, 7) is 4.21. The zero-order chi connectivity index (χ0) is 17.2. The minimum absolute atomic E-state index is 0.300. The van der Waals surface area contributed by atoms with Gasteiger partial charge in [-0.1, -0.05) is 13.8 Å². The van der Waals surface area contributed by atoms with Gasteiger partial charge < -0.3 is 19.5 Å². The van der Waals surface area contributed by atoms with E-state index in [1.165, 1.54) is 13.2 Å². The van der Waals surface area contributed by atoms with Crippen LogP contribution in [0.1, 0.15) is 19.4 Å². The van der Waals surface area contributed by atoms with Crippen molar-refractivity contribution in [2.45, 2.75) is 13.8 Å². The van der Waals surface area contributed by atoms with E-state index in [0.717, 1.165) is 0 Å². The number of rotatable bonds is 8. The lowest BCUT2D eigenvalue weighted by atomic mass is 10.1. The zero-order valence-electron chi connectivity index (χ0n) is 13.9. The topological polar surface area (TPSA) is 73.9 Å². The molecule has 0 aliphatic rings. The molecular weight excluding hydrogens is 298 g/mol. The average Bonchev–Trinajstić information content (AvgIpc) is 2.55. The van der Waals surface area contributed by atoms with Gasteiger partial charge in [0.15, 0.2) is 6.61 Å². The van der Waals surface area contributed by atoms with Crippen molar-refractivity contribution in [1.82, 2.24) is 5.32 Å². The van der Waals surface area contributed by atoms with Crippen LogP contribution in [0.3, 0.4) is 0 Å². The van der Waals surface area contributed by atoms with Crippen molar-refractivity contribution in [3.63, 3.8) is 0 Å². The number of esters is 1. The summed E-state index contributed by atoms with van der Waals surface area (Å²) in [7, 11) is 3.09. The Labute approximate surface area is 136 Å². The molecule has 0 aliphatic heterocycles. The third-order valence-electron chi connectivity index (χ3n) is 2.89. The Morgan fingerprint density at radius 2 is 1.96 bits per heavy atom. The first kappa shape index (κ1) is 18.5. The van der Waals surface area contributed by atoms with Crippen molar-refractivity contribution < 1.29 is 23.8 Å². The molecule has 6 nitrogen and oxygen atoms in total. The van der Waals surface area contributed by atoms with Crippen LogP contribution in [-0.4, -0.2) is 39.2 Å². The van der Waals surface area contributed by atoms with Gasteiger partial charge in [0.05, 0.1) is 14.2 Å². The molecule has 126 valence electrons. The molecule has 0 unspecified atom stereocenters. The minimum atomic E-state index is -0.602. The maximum Gasteiger partial charge on any atom is 0.331 e. The molecule has 1 amide bonds. The van der Waals surface area contributed by atoms with E-state index in [2.05, 4.69) is 5.32 Å². The fraction of sp³-hybridized carbons (Fsp3) is 0.412. The highest BCUT2D eigenvalue weighted by atomic mass is 16.5. The smallest absolute Gasteiger partial charge is 0.331 e. The molecule has 0 radical (unpaired) electrons. The van der Waals surface area contributed by atoms with E-state index in [4.69, 9.17) is 14.2 Å². The van der Waals surface area contributed by atoms with Crippen LogP contribution in [0, 0.1) is 5.92 Å². The van der Waals surface area contributed by atoms with Crippen molar-refractivity contribution in [3.05, 3.63) is 29.8 Å². The van der Waals surface area contributed by atoms with Gasteiger partial charge in [-0.15, -0.1) is 0 Å². The van der Waals surface area contributed by atoms with Crippen molar-refractivity contribution >= 4 is 18.0 Å². The van der Waals surface area contributed by atoms with E-state index >= 15 is 0 Å². The Bertz CT molecular complexity index is 566. The normalized spacial score (nSPS) is 10.7. The molecule has 0 aliphatic carbocycles. The number of benzene rings is 1. The van der Waals surface area contributed by atoms with Gasteiger partial charge in [-0.2, -0.15) is 0 Å². The third-order valence-corrected chi connectivity index (χ3v) is 2.89. The predicted octanol–water partition coefficient (Wildman–Crippen LogP) is 2.03. The molecule has 23 heavy (non-hydrogen) atoms. The fourth-order valence-corrected chi connectivity index (χ4v) is 1.68. The summed E-state index contributed by atoms with van der Waals surface area (Å²) < 4.78 is 15.2. The van der Waals surface area contributed by atoms with Gasteiger partial charge in [0.1, 0.15) is 11.5 Å². The summed E-state index contributed by atoms with van der Waals surface area (Å²) in [4.78, 5) is 23.1. The molecule has 0 saturated carbocycles. The number of ether oxygens (including phenoxy) is 3. The first-order chi connectivity index (χ1) is 11.0. The molecule has 0 heterocycles. The lowest BCUT2D eigenvalue weighted by Gasteiger charge is -2.08. The molecule has 1 aromatic rings. The molecular formula is C17H23NO5. The lowest BCUT2D eigenvalue weighted by Crippen LogP contribution is -2.31. The van der Waals surface area contributed by atoms with Gasteiger partial charge in [0.2, 0.25) is 0 Å². The maximum atomic E-state index is 11.7. The van der Waals surface area contributed by atoms with Crippen LogP contribution in [0.4, 0.5) is 0 Å². The van der Waals surface area contributed by atoms with Crippen LogP contribution in [0.25, 0.3) is 6.08 Å². The first-order valence-electron chi connectivity index (χ1n) is 7.29. The van der Waals surface area contributed by atoms with Crippen molar-refractivity contribution in [1.29, 1.82) is 0 Å². The highest BCUT2D eigenvalue weighted by Crippen LogP contribution is 2.25. The van der Waals surface area contributed by atoms with Gasteiger partial charge in [-0.05, 0) is 30.2 Å². The number of methoxy groups -OCH3 is 2. The van der Waals surface area contributed by atoms with E-state index in [0.29, 0.717) is 29.5 Å². The van der Waals surface area contributed by atoms with E-state index < -0.39 is 5.97 Å². The number of carbonyl (C=O) groups excluding carboxylic acids is 2. The third kappa shape index (κ3) is 6.86. The Morgan fingerprint density at radius 3 is 2.57 bits per heavy atom. The molecule has 0 bridgehead atoms. The van der Waals surface area contributed by atoms with Gasteiger partial charge >= 0.3 is 5.97 Å². The molecule has 0 saturated heterocycles. The first-order valence-corrected chi connectivity index (χ1v) is 7.29. The van der Waals surface area contributed by atoms with Gasteiger partial charge in [0, 0.05) is 18.2 Å². The van der Waals surface area contributed by atoms with Crippen LogP contribution in [0.2, 0.25) is 0 Å². The van der Waals surface area contributed by atoms with E-state index in [1.54, 1.807) is 31.4 Å². The molecule has 6 heteroatoms. The Morgan fingerprint density at radius 1 is 1.22 bits per heavy atom. The van der Waals surface area contributed by atoms with Gasteiger partial charge in [0.25, 0.3) is 5.91 Å². The summed E-state index contributed by atoms with van der Waals surface area (Å²) in [5.41, 5.74) is 0.674. The summed E-state index contributed by atoms with van der Waals surface area (Å²) in [5.74, 6) is 0.667. The Hall–Kier alpha value is -2.50. The number of hydrogen-bond donors (Lipinski definition) is 1. The average molecular weight is 321 g/mol. The van der Waals surface area contributed by atoms with Crippen molar-refractivity contribution in [2.24, 2.45) is 5.92 Å². The highest BCUT2D eigenvalue weighted by molar-refractivity contribution is 5.89. The maximum absolute atomic E-state index is 11.7. The summed E-state index contributed by atoms with van der Waals surface area (Å²) in [6, 6.07) is 5.23. The van der Waals surface area contributed by atoms with E-state index in [-0.39, 0.29) is 12.5 Å². The van der Waals surface area contributed by atoms with E-state index in [9.17, 15) is 9.59 Å². The molecule has 0 atom stereocenters. The number of carbonyl (C=O) groups is 2. The second kappa shape index (κ2) is 9.50. The monoisotopic (exact) mass is 321 g/mol. The van der Waals surface area contributed by atoms with E-state index in [1.807, 2.05) is 13.8 Å². The lowest BCUT2D eigenvalue weighted by molar-refractivity contribution is -0.143. The Balaban J connectivity index is 2.56. The minimum Gasteiger partial charge on any atom is -0.497 e. The van der Waals surface area contributed by atoms with Crippen LogP contribution >= 0.6 is 0 Å². The van der Waals surface area contributed by atoms with Crippen molar-refractivity contribution in [2.75, 3.05) is 27.4 Å². The standard InChI is InChI=1S/C17H23NO5/c1-12(2)10-18-16(19)11-23-17(20)8-5-13-9-14(21-3)6-7-15(13)22-4/h5-9,12H,10-11H2,1-4H3,(H,18,19)/b8-5+. The molecule has 1 rings (SSSR count). The van der Waals surface area contributed by atoms with Crippen LogP contribution in [0.15, 0.2) is 24.3 Å². The van der Waals surface area contributed by atoms with Crippen LogP contribution < -0.4 is 14.8 Å². The molecule has 1 aromatic carbocycles. The summed E-state index contributed by atoms with van der Waals surface area (Å²) in [5, 5.41) is 2.67. The quantitative estimate of drug-likeness (QED) is 0.586. The molecule has 1 N–H and O–H groups in total. The summed E-state index contributed by atoms with van der Waals surface area (Å²) >= 11 is 0. The number of hydrogen-bond acceptors (Lipinski definition) is 5. The predicted molar refractivity (Wildman–Crippen MR) is 87.4 cm³/mol. The van der Waals surface area contributed by atoms with Crippen molar-refractivity contribution in [3.8, 4) is 11.5 Å². The number of amides is 1. The Kier molecular flexibility index (Phi) is 7.66. The van der Waals surface area contributed by atoms with Gasteiger partial charge in [-0.3, -0.25) is 4.79 Å². The molecule has 0 aromatic heterocycles. The van der Waals surface area contributed by atoms with Gasteiger partial charge in [-0.25, -0.2) is 4.79 Å². The molecule has 0 fully saturated rings. The second-order valence-corrected chi connectivity index (χ2v) is 5.25. The zero-order valence-corrected chi connectivity index (χ0v) is 13.9. The van der Waals surface area contributed by atoms with Crippen LogP contribution in [-0.2, 0) is 14.3 Å². The molecule has 0 spiro atoms.